The van der Waals surface area contributed by atoms with Crippen molar-refractivity contribution in [2.75, 3.05) is 27.5 Å². The summed E-state index contributed by atoms with van der Waals surface area (Å²) in [5.41, 5.74) is 3.77. The number of nitrogens with zero attached hydrogens (tertiary/aromatic N) is 5. The van der Waals surface area contributed by atoms with E-state index in [1.54, 1.807) is 17.2 Å². The second kappa shape index (κ2) is 8.38. The smallest absolute Gasteiger partial charge is 0.249 e. The second-order valence-electron chi connectivity index (χ2n) is 9.71. The summed E-state index contributed by atoms with van der Waals surface area (Å²) in [4.78, 5) is 25.5. The molecule has 1 amide bonds. The molecule has 0 saturated carbocycles. The first-order valence-corrected chi connectivity index (χ1v) is 11.2. The molecular formula is C24H32N8O. The fourth-order valence-corrected chi connectivity index (χ4v) is 4.06. The molecule has 9 heteroatoms. The molecule has 174 valence electrons. The minimum absolute atomic E-state index is 0.0161. The van der Waals surface area contributed by atoms with Crippen LogP contribution in [0.5, 0.6) is 0 Å². The van der Waals surface area contributed by atoms with Gasteiger partial charge >= 0.3 is 0 Å². The monoisotopic (exact) mass is 448 g/mol. The van der Waals surface area contributed by atoms with Crippen LogP contribution in [-0.4, -0.2) is 45.2 Å². The highest BCUT2D eigenvalue weighted by atomic mass is 16.2. The average molecular weight is 449 g/mol. The molecule has 4 rings (SSSR count). The van der Waals surface area contributed by atoms with E-state index >= 15 is 0 Å². The predicted octanol–water partition coefficient (Wildman–Crippen LogP) is 4.56. The zero-order chi connectivity index (χ0) is 23.9. The third-order valence-electron chi connectivity index (χ3n) is 5.83. The first-order valence-electron chi connectivity index (χ1n) is 11.2. The van der Waals surface area contributed by atoms with E-state index in [9.17, 15) is 4.79 Å². The number of aromatic nitrogens is 4. The van der Waals surface area contributed by atoms with Crippen LogP contribution < -0.4 is 20.4 Å². The Morgan fingerprint density at radius 3 is 2.48 bits per heavy atom. The first kappa shape index (κ1) is 22.6. The van der Waals surface area contributed by atoms with Gasteiger partial charge in [0.25, 0.3) is 0 Å². The third-order valence-corrected chi connectivity index (χ3v) is 5.83. The molecule has 33 heavy (non-hydrogen) atoms. The number of H-pyrrole nitrogens is 1. The number of aromatic amines is 1. The number of hydrogen-bond donors (Lipinski definition) is 3. The number of anilines is 6. The van der Waals surface area contributed by atoms with Crippen LogP contribution in [0.4, 0.5) is 34.6 Å². The summed E-state index contributed by atoms with van der Waals surface area (Å²) < 4.78 is 0. The number of likely N-dealkylation sites (N-methyl/N-ethyl adjacent to an activating group) is 1. The highest BCUT2D eigenvalue weighted by Gasteiger charge is 2.34. The highest BCUT2D eigenvalue weighted by Crippen LogP contribution is 2.39. The van der Waals surface area contributed by atoms with Gasteiger partial charge in [-0.2, -0.15) is 10.1 Å². The highest BCUT2D eigenvalue weighted by molar-refractivity contribution is 6.05. The Balaban J connectivity index is 1.57. The molecule has 3 N–H and O–H groups in total. The van der Waals surface area contributed by atoms with Crippen LogP contribution in [0.1, 0.15) is 47.2 Å². The van der Waals surface area contributed by atoms with Gasteiger partial charge in [-0.1, -0.05) is 20.8 Å². The molecule has 0 saturated heterocycles. The molecule has 0 fully saturated rings. The Bertz CT molecular complexity index is 1160. The molecule has 1 atom stereocenters. The van der Waals surface area contributed by atoms with Gasteiger partial charge in [-0.25, -0.2) is 4.98 Å². The van der Waals surface area contributed by atoms with Crippen LogP contribution in [0.2, 0.25) is 0 Å². The second-order valence-corrected chi connectivity index (χ2v) is 9.71. The average Bonchev–Trinajstić information content (AvgIpc) is 3.21. The van der Waals surface area contributed by atoms with Crippen molar-refractivity contribution in [3.63, 3.8) is 0 Å². The number of hydrogen-bond acceptors (Lipinski definition) is 7. The summed E-state index contributed by atoms with van der Waals surface area (Å²) in [6, 6.07) is 9.67. The lowest BCUT2D eigenvalue weighted by atomic mass is 9.92. The van der Waals surface area contributed by atoms with Gasteiger partial charge in [-0.3, -0.25) is 9.89 Å². The van der Waals surface area contributed by atoms with Crippen LogP contribution in [0, 0.1) is 0 Å². The molecule has 3 aromatic rings. The van der Waals surface area contributed by atoms with Crippen molar-refractivity contribution in [3.05, 3.63) is 42.2 Å². The van der Waals surface area contributed by atoms with Gasteiger partial charge in [-0.05, 0) is 45.0 Å². The van der Waals surface area contributed by atoms with Crippen molar-refractivity contribution < 1.29 is 4.79 Å². The molecule has 3 heterocycles. The van der Waals surface area contributed by atoms with Crippen molar-refractivity contribution in [1.29, 1.82) is 0 Å². The van der Waals surface area contributed by atoms with Crippen molar-refractivity contribution >= 4 is 40.6 Å². The summed E-state index contributed by atoms with van der Waals surface area (Å²) in [6.07, 6.45) is 1.70. The topological polar surface area (TPSA) is 102 Å². The minimum atomic E-state index is -0.228. The number of amides is 1. The third kappa shape index (κ3) is 4.48. The zero-order valence-electron chi connectivity index (χ0n) is 20.3. The van der Waals surface area contributed by atoms with Gasteiger partial charge in [0.15, 0.2) is 5.82 Å². The van der Waals surface area contributed by atoms with Crippen LogP contribution in [-0.2, 0) is 10.2 Å². The molecule has 9 nitrogen and oxygen atoms in total. The van der Waals surface area contributed by atoms with Crippen molar-refractivity contribution in [2.24, 2.45) is 0 Å². The van der Waals surface area contributed by atoms with E-state index < -0.39 is 0 Å². The molecule has 1 unspecified atom stereocenters. The summed E-state index contributed by atoms with van der Waals surface area (Å²) in [5.74, 6) is 1.90. The lowest BCUT2D eigenvalue weighted by Crippen LogP contribution is -2.53. The molecule has 0 radical (unpaired) electrons. The standard InChI is InChI=1S/C24H32N8O/c1-14(2)32-15(3)22(33)31(7)17-9-8-16(12-18(17)32)26-23-25-11-10-20(28-23)27-21-13-19(29-30-21)24(4,5)6/h8-15H,1-7H3,(H3,25,26,27,28,29,30). The summed E-state index contributed by atoms with van der Waals surface area (Å²) in [5, 5.41) is 13.9. The summed E-state index contributed by atoms with van der Waals surface area (Å²) >= 11 is 0. The van der Waals surface area contributed by atoms with Gasteiger partial charge in [0.05, 0.1) is 11.4 Å². The molecule has 1 aliphatic heterocycles. The lowest BCUT2D eigenvalue weighted by molar-refractivity contribution is -0.119. The Hall–Kier alpha value is -3.62. The number of benzene rings is 1. The predicted molar refractivity (Wildman–Crippen MR) is 133 cm³/mol. The maximum atomic E-state index is 12.7. The van der Waals surface area contributed by atoms with Gasteiger partial charge < -0.3 is 20.4 Å². The largest absolute Gasteiger partial charge is 0.356 e. The number of carbonyl (C=O) groups excluding carboxylic acids is 1. The van der Waals surface area contributed by atoms with Gasteiger partial charge in [0.2, 0.25) is 11.9 Å². The molecule has 0 aliphatic carbocycles. The van der Waals surface area contributed by atoms with E-state index in [-0.39, 0.29) is 23.4 Å². The van der Waals surface area contributed by atoms with Crippen molar-refractivity contribution in [3.8, 4) is 0 Å². The number of carbonyl (C=O) groups is 1. The van der Waals surface area contributed by atoms with Crippen molar-refractivity contribution in [1.82, 2.24) is 20.2 Å². The van der Waals surface area contributed by atoms with Crippen LogP contribution in [0.25, 0.3) is 0 Å². The minimum Gasteiger partial charge on any atom is -0.356 e. The van der Waals surface area contributed by atoms with Gasteiger partial charge in [-0.15, -0.1) is 0 Å². The van der Waals surface area contributed by atoms with E-state index in [2.05, 4.69) is 70.3 Å². The Morgan fingerprint density at radius 2 is 1.82 bits per heavy atom. The maximum absolute atomic E-state index is 12.7. The Labute approximate surface area is 194 Å². The van der Waals surface area contributed by atoms with Crippen LogP contribution in [0.3, 0.4) is 0 Å². The van der Waals surface area contributed by atoms with E-state index in [0.717, 1.165) is 22.8 Å². The van der Waals surface area contributed by atoms with E-state index in [0.29, 0.717) is 17.6 Å². The van der Waals surface area contributed by atoms with Crippen LogP contribution >= 0.6 is 0 Å². The van der Waals surface area contributed by atoms with E-state index in [1.165, 1.54) is 0 Å². The van der Waals surface area contributed by atoms with Gasteiger partial charge in [0, 0.05) is 42.1 Å². The number of fused-ring (bicyclic) bond motifs is 1. The molecule has 0 bridgehead atoms. The summed E-state index contributed by atoms with van der Waals surface area (Å²) in [6.45, 7) is 12.5. The SMILES string of the molecule is CC(C)N1c2cc(Nc3nccc(Nc4cc(C(C)(C)C)[nH]n4)n3)ccc2N(C)C(=O)C1C. The number of rotatable bonds is 5. The first-order chi connectivity index (χ1) is 15.5. The molecule has 2 aromatic heterocycles. The summed E-state index contributed by atoms with van der Waals surface area (Å²) in [7, 11) is 1.82. The fourth-order valence-electron chi connectivity index (χ4n) is 4.06. The molecule has 1 aliphatic rings. The Kier molecular flexibility index (Phi) is 5.73. The quantitative estimate of drug-likeness (QED) is 0.526. The lowest BCUT2D eigenvalue weighted by Gasteiger charge is -2.42. The van der Waals surface area contributed by atoms with E-state index in [1.807, 2.05) is 38.2 Å². The fraction of sp³-hybridized carbons (Fsp3) is 0.417. The molecule has 0 spiro atoms. The molecular weight excluding hydrogens is 416 g/mol. The van der Waals surface area contributed by atoms with Crippen LogP contribution in [0.15, 0.2) is 36.5 Å². The number of nitrogens with one attached hydrogen (secondary N) is 3. The molecule has 1 aromatic carbocycles. The maximum Gasteiger partial charge on any atom is 0.249 e. The Morgan fingerprint density at radius 1 is 1.06 bits per heavy atom. The van der Waals surface area contributed by atoms with Crippen molar-refractivity contribution in [2.45, 2.75) is 59.0 Å². The zero-order valence-corrected chi connectivity index (χ0v) is 20.3. The van der Waals surface area contributed by atoms with Gasteiger partial charge in [0.1, 0.15) is 11.9 Å². The van der Waals surface area contributed by atoms with E-state index in [4.69, 9.17) is 0 Å². The normalized spacial score (nSPS) is 16.2.